The number of hydrogen-bond donors (Lipinski definition) is 0. The first-order chi connectivity index (χ1) is 22.7. The minimum atomic E-state index is -0.387. The lowest BCUT2D eigenvalue weighted by molar-refractivity contribution is 0.405. The first-order valence-corrected chi connectivity index (χ1v) is 16.3. The molecule has 0 saturated carbocycles. The van der Waals surface area contributed by atoms with E-state index >= 15 is 0 Å². The number of fused-ring (bicyclic) bond motifs is 5. The lowest BCUT2D eigenvalue weighted by Crippen LogP contribution is -2.41. The van der Waals surface area contributed by atoms with E-state index in [1.165, 1.54) is 72.0 Å². The highest BCUT2D eigenvalue weighted by Gasteiger charge is 2.54. The lowest BCUT2D eigenvalue weighted by Gasteiger charge is -2.47. The van der Waals surface area contributed by atoms with E-state index in [0.29, 0.717) is 0 Å². The van der Waals surface area contributed by atoms with Crippen LogP contribution in [0.15, 0.2) is 175 Å². The van der Waals surface area contributed by atoms with Gasteiger partial charge >= 0.3 is 0 Å². The number of hydrogen-bond acceptors (Lipinski definition) is 0. The molecule has 0 nitrogen and oxygen atoms in total. The lowest BCUT2D eigenvalue weighted by atomic mass is 9.54. The van der Waals surface area contributed by atoms with Gasteiger partial charge < -0.3 is 0 Å². The summed E-state index contributed by atoms with van der Waals surface area (Å²) < 4.78 is 0. The van der Waals surface area contributed by atoms with E-state index in [0.717, 1.165) is 0 Å². The Morgan fingerprint density at radius 3 is 1.59 bits per heavy atom. The summed E-state index contributed by atoms with van der Waals surface area (Å²) in [7, 11) is 0. The molecule has 0 spiro atoms. The van der Waals surface area contributed by atoms with Crippen LogP contribution in [0.3, 0.4) is 0 Å². The molecule has 0 fully saturated rings. The third-order valence-electron chi connectivity index (χ3n) is 10.6. The van der Waals surface area contributed by atoms with Crippen LogP contribution in [0, 0.1) is 0 Å². The molecule has 0 aromatic heterocycles. The Bertz CT molecular complexity index is 2190. The number of rotatable bonds is 5. The molecular formula is C46H34. The van der Waals surface area contributed by atoms with E-state index < -0.39 is 0 Å². The van der Waals surface area contributed by atoms with E-state index in [9.17, 15) is 0 Å². The van der Waals surface area contributed by atoms with Crippen LogP contribution in [0.1, 0.15) is 52.1 Å². The molecule has 0 aliphatic heterocycles. The molecule has 9 rings (SSSR count). The van der Waals surface area contributed by atoms with Crippen LogP contribution in [-0.4, -0.2) is 0 Å². The van der Waals surface area contributed by atoms with Gasteiger partial charge in [0.1, 0.15) is 0 Å². The summed E-state index contributed by atoms with van der Waals surface area (Å²) in [6, 6.07) is 63.5. The van der Waals surface area contributed by atoms with Crippen molar-refractivity contribution in [1.29, 1.82) is 0 Å². The van der Waals surface area contributed by atoms with Crippen LogP contribution >= 0.6 is 0 Å². The van der Waals surface area contributed by atoms with Crippen molar-refractivity contribution in [3.05, 3.63) is 209 Å². The molecule has 0 saturated heterocycles. The van der Waals surface area contributed by atoms with Crippen molar-refractivity contribution in [2.24, 2.45) is 0 Å². The standard InChI is InChI=1S/C46H34/c1-31-28-36-30-35(34-25-24-32-14-8-9-15-33(32)29-34)26-27-39(36)44(31)46(37-16-4-2-5-17-37,38-18-6-3-7-19-38)45-42-22-12-10-20-40(42)41-21-11-13-23-43(41)45/h2-30,44-45H,1H3. The van der Waals surface area contributed by atoms with Crippen LogP contribution in [0.5, 0.6) is 0 Å². The zero-order chi connectivity index (χ0) is 30.7. The Morgan fingerprint density at radius 2 is 0.935 bits per heavy atom. The predicted octanol–water partition coefficient (Wildman–Crippen LogP) is 11.8. The third kappa shape index (κ3) is 3.93. The van der Waals surface area contributed by atoms with E-state index in [1.54, 1.807) is 0 Å². The molecule has 7 aromatic carbocycles. The maximum atomic E-state index is 2.46. The van der Waals surface area contributed by atoms with Crippen LogP contribution in [0.2, 0.25) is 0 Å². The first kappa shape index (κ1) is 26.9. The minimum Gasteiger partial charge on any atom is -0.0639 e. The molecule has 2 aliphatic carbocycles. The Balaban J connectivity index is 1.32. The molecule has 1 unspecified atom stereocenters. The zero-order valence-corrected chi connectivity index (χ0v) is 25.9. The van der Waals surface area contributed by atoms with Crippen LogP contribution in [-0.2, 0) is 5.41 Å². The molecule has 0 amide bonds. The van der Waals surface area contributed by atoms with E-state index in [-0.39, 0.29) is 17.3 Å². The van der Waals surface area contributed by atoms with Crippen molar-refractivity contribution >= 4 is 16.8 Å². The molecule has 1 atom stereocenters. The number of allylic oxidation sites excluding steroid dienone is 1. The monoisotopic (exact) mass is 586 g/mol. The van der Waals surface area contributed by atoms with Crippen LogP contribution in [0.25, 0.3) is 39.1 Å². The van der Waals surface area contributed by atoms with Crippen molar-refractivity contribution < 1.29 is 0 Å². The fourth-order valence-electron chi connectivity index (χ4n) is 8.76. The molecular weight excluding hydrogens is 553 g/mol. The van der Waals surface area contributed by atoms with E-state index in [2.05, 4.69) is 183 Å². The molecule has 0 radical (unpaired) electrons. The summed E-state index contributed by atoms with van der Waals surface area (Å²) in [6.07, 6.45) is 2.46. The average Bonchev–Trinajstić information content (AvgIpc) is 3.64. The molecule has 2 aliphatic rings. The Morgan fingerprint density at radius 1 is 0.413 bits per heavy atom. The summed E-state index contributed by atoms with van der Waals surface area (Å²) in [5, 5.41) is 2.55. The highest BCUT2D eigenvalue weighted by atomic mass is 14.6. The predicted molar refractivity (Wildman–Crippen MR) is 193 cm³/mol. The van der Waals surface area contributed by atoms with Gasteiger partial charge in [-0.15, -0.1) is 0 Å². The van der Waals surface area contributed by atoms with Gasteiger partial charge in [0.2, 0.25) is 0 Å². The highest BCUT2D eigenvalue weighted by Crippen LogP contribution is 2.64. The van der Waals surface area contributed by atoms with Crippen molar-refractivity contribution in [3.63, 3.8) is 0 Å². The van der Waals surface area contributed by atoms with Gasteiger partial charge in [-0.3, -0.25) is 0 Å². The summed E-state index contributed by atoms with van der Waals surface area (Å²) in [4.78, 5) is 0. The fourth-order valence-corrected chi connectivity index (χ4v) is 8.76. The van der Waals surface area contributed by atoms with Crippen molar-refractivity contribution in [3.8, 4) is 22.3 Å². The second kappa shape index (κ2) is 10.6. The second-order valence-electron chi connectivity index (χ2n) is 12.9. The molecule has 0 N–H and O–H groups in total. The Kier molecular flexibility index (Phi) is 6.18. The highest BCUT2D eigenvalue weighted by molar-refractivity contribution is 5.88. The van der Waals surface area contributed by atoms with Gasteiger partial charge in [0.15, 0.2) is 0 Å². The molecule has 0 heterocycles. The average molecular weight is 587 g/mol. The summed E-state index contributed by atoms with van der Waals surface area (Å²) in [5.74, 6) is 0.270. The Hall–Kier alpha value is -5.46. The second-order valence-corrected chi connectivity index (χ2v) is 12.9. The van der Waals surface area contributed by atoms with Crippen molar-refractivity contribution in [2.45, 2.75) is 24.2 Å². The quantitative estimate of drug-likeness (QED) is 0.188. The first-order valence-electron chi connectivity index (χ1n) is 16.3. The van der Waals surface area contributed by atoms with Gasteiger partial charge in [0.05, 0.1) is 0 Å². The zero-order valence-electron chi connectivity index (χ0n) is 25.9. The molecule has 7 aromatic rings. The van der Waals surface area contributed by atoms with Gasteiger partial charge in [0, 0.05) is 17.3 Å². The van der Waals surface area contributed by atoms with Gasteiger partial charge in [-0.2, -0.15) is 0 Å². The van der Waals surface area contributed by atoms with Gasteiger partial charge in [-0.1, -0.05) is 169 Å². The minimum absolute atomic E-state index is 0.129. The molecule has 218 valence electrons. The largest absolute Gasteiger partial charge is 0.0639 e. The maximum Gasteiger partial charge on any atom is 0.0418 e. The SMILES string of the molecule is CC1=Cc2cc(-c3ccc4ccccc4c3)ccc2C1C(c1ccccc1)(c1ccccc1)C1c2ccccc2-c2ccccc21. The Labute approximate surface area is 271 Å². The van der Waals surface area contributed by atoms with Crippen molar-refractivity contribution in [1.82, 2.24) is 0 Å². The van der Waals surface area contributed by atoms with Gasteiger partial charge in [0.25, 0.3) is 0 Å². The van der Waals surface area contributed by atoms with E-state index in [4.69, 9.17) is 0 Å². The van der Waals surface area contributed by atoms with Crippen LogP contribution in [0.4, 0.5) is 0 Å². The van der Waals surface area contributed by atoms with Gasteiger partial charge in [-0.05, 0) is 85.5 Å². The maximum absolute atomic E-state index is 2.46. The molecule has 0 heteroatoms. The summed E-state index contributed by atoms with van der Waals surface area (Å²) in [5.41, 5.74) is 14.5. The smallest absolute Gasteiger partial charge is 0.0418 e. The normalized spacial score (nSPS) is 15.3. The topological polar surface area (TPSA) is 0 Å². The molecule has 0 bridgehead atoms. The van der Waals surface area contributed by atoms with E-state index in [1.807, 2.05) is 0 Å². The van der Waals surface area contributed by atoms with Crippen LogP contribution < -0.4 is 0 Å². The van der Waals surface area contributed by atoms with Crippen molar-refractivity contribution in [2.75, 3.05) is 0 Å². The summed E-state index contributed by atoms with van der Waals surface area (Å²) >= 11 is 0. The number of benzene rings is 7. The fraction of sp³-hybridized carbons (Fsp3) is 0.0870. The van der Waals surface area contributed by atoms with Gasteiger partial charge in [-0.25, -0.2) is 0 Å². The molecule has 46 heavy (non-hydrogen) atoms. The summed E-state index contributed by atoms with van der Waals surface area (Å²) in [6.45, 7) is 2.35. The third-order valence-corrected chi connectivity index (χ3v) is 10.6.